The molecule has 0 atom stereocenters. The molecule has 0 rings (SSSR count). The zero-order valence-corrected chi connectivity index (χ0v) is 9.76. The number of hydrogen-bond donors (Lipinski definition) is 0. The molecule has 0 radical (unpaired) electrons. The first-order chi connectivity index (χ1) is 6.85. The first-order valence-electron chi connectivity index (χ1n) is 5.94. The second-order valence-corrected chi connectivity index (χ2v) is 3.85. The summed E-state index contributed by atoms with van der Waals surface area (Å²) in [5, 5.41) is 8.66. The highest BCUT2D eigenvalue weighted by Gasteiger charge is 2.02. The molecule has 0 fully saturated rings. The molecular weight excluding hydrogens is 172 g/mol. The van der Waals surface area contributed by atoms with E-state index in [-0.39, 0.29) is 0 Å². The lowest BCUT2D eigenvalue weighted by molar-refractivity contribution is 0.291. The zero-order chi connectivity index (χ0) is 10.6. The van der Waals surface area contributed by atoms with Gasteiger partial charge in [0.1, 0.15) is 0 Å². The van der Waals surface area contributed by atoms with Gasteiger partial charge in [-0.1, -0.05) is 39.5 Å². The Morgan fingerprint density at radius 1 is 0.929 bits per heavy atom. The van der Waals surface area contributed by atoms with Crippen molar-refractivity contribution in [1.82, 2.24) is 4.90 Å². The minimum atomic E-state index is 0.605. The number of rotatable bonds is 9. The van der Waals surface area contributed by atoms with Gasteiger partial charge >= 0.3 is 0 Å². The quantitative estimate of drug-likeness (QED) is 0.418. The highest BCUT2D eigenvalue weighted by molar-refractivity contribution is 4.76. The van der Waals surface area contributed by atoms with Crippen molar-refractivity contribution in [3.8, 4) is 6.07 Å². The summed E-state index contributed by atoms with van der Waals surface area (Å²) in [6, 6.07) is 2.25. The molecule has 0 bridgehead atoms. The normalized spacial score (nSPS) is 10.4. The highest BCUT2D eigenvalue weighted by atomic mass is 15.1. The number of unbranched alkanes of at least 4 members (excludes halogenated alkanes) is 4. The third-order valence-electron chi connectivity index (χ3n) is 2.45. The Morgan fingerprint density at radius 3 is 1.79 bits per heavy atom. The molecule has 0 aliphatic rings. The van der Waals surface area contributed by atoms with E-state index in [9.17, 15) is 0 Å². The summed E-state index contributed by atoms with van der Waals surface area (Å²) >= 11 is 0. The van der Waals surface area contributed by atoms with Crippen LogP contribution in [0.25, 0.3) is 0 Å². The molecule has 0 aliphatic heterocycles. The highest BCUT2D eigenvalue weighted by Crippen LogP contribution is 2.01. The van der Waals surface area contributed by atoms with Gasteiger partial charge in [0.15, 0.2) is 0 Å². The fourth-order valence-corrected chi connectivity index (χ4v) is 1.54. The molecule has 2 nitrogen and oxygen atoms in total. The van der Waals surface area contributed by atoms with Gasteiger partial charge in [-0.05, 0) is 25.9 Å². The Balaban J connectivity index is 3.50. The largest absolute Gasteiger partial charge is 0.291 e. The van der Waals surface area contributed by atoms with Gasteiger partial charge in [0.25, 0.3) is 0 Å². The second-order valence-electron chi connectivity index (χ2n) is 3.85. The molecule has 0 N–H and O–H groups in total. The van der Waals surface area contributed by atoms with E-state index >= 15 is 0 Å². The Bertz CT molecular complexity index is 139. The van der Waals surface area contributed by atoms with Gasteiger partial charge in [0, 0.05) is 0 Å². The van der Waals surface area contributed by atoms with Crippen LogP contribution in [-0.4, -0.2) is 24.5 Å². The summed E-state index contributed by atoms with van der Waals surface area (Å²) < 4.78 is 0. The van der Waals surface area contributed by atoms with Gasteiger partial charge in [-0.2, -0.15) is 5.26 Å². The van der Waals surface area contributed by atoms with Crippen molar-refractivity contribution >= 4 is 0 Å². The van der Waals surface area contributed by atoms with E-state index in [4.69, 9.17) is 5.26 Å². The Kier molecular flexibility index (Phi) is 10.1. The monoisotopic (exact) mass is 196 g/mol. The van der Waals surface area contributed by atoms with Crippen LogP contribution in [0.2, 0.25) is 0 Å². The molecular formula is C12H24N2. The summed E-state index contributed by atoms with van der Waals surface area (Å²) in [6.45, 7) is 7.24. The van der Waals surface area contributed by atoms with Gasteiger partial charge in [-0.3, -0.25) is 4.90 Å². The molecule has 0 aromatic heterocycles. The van der Waals surface area contributed by atoms with Gasteiger partial charge in [-0.15, -0.1) is 0 Å². The Morgan fingerprint density at radius 2 is 1.43 bits per heavy atom. The number of hydrogen-bond acceptors (Lipinski definition) is 2. The average molecular weight is 196 g/mol. The summed E-state index contributed by atoms with van der Waals surface area (Å²) in [7, 11) is 0. The summed E-state index contributed by atoms with van der Waals surface area (Å²) in [5.41, 5.74) is 0. The van der Waals surface area contributed by atoms with E-state index in [2.05, 4.69) is 24.8 Å². The van der Waals surface area contributed by atoms with Crippen molar-refractivity contribution in [2.24, 2.45) is 0 Å². The van der Waals surface area contributed by atoms with Gasteiger partial charge in [0.2, 0.25) is 0 Å². The van der Waals surface area contributed by atoms with Crippen molar-refractivity contribution in [3.63, 3.8) is 0 Å². The molecule has 0 saturated carbocycles. The van der Waals surface area contributed by atoms with E-state index in [1.54, 1.807) is 0 Å². The maximum atomic E-state index is 8.66. The van der Waals surface area contributed by atoms with Crippen LogP contribution in [0.3, 0.4) is 0 Å². The predicted molar refractivity (Wildman–Crippen MR) is 61.1 cm³/mol. The van der Waals surface area contributed by atoms with Crippen molar-refractivity contribution in [1.29, 1.82) is 5.26 Å². The average Bonchev–Trinajstić information content (AvgIpc) is 2.18. The lowest BCUT2D eigenvalue weighted by atomic mass is 10.2. The van der Waals surface area contributed by atoms with Crippen molar-refractivity contribution < 1.29 is 0 Å². The van der Waals surface area contributed by atoms with Crippen LogP contribution in [0, 0.1) is 11.3 Å². The third-order valence-corrected chi connectivity index (χ3v) is 2.45. The van der Waals surface area contributed by atoms with Gasteiger partial charge in [-0.25, -0.2) is 0 Å². The SMILES string of the molecule is CCCCCN(CC#N)CCCCC. The number of nitrogens with zero attached hydrogens (tertiary/aromatic N) is 2. The topological polar surface area (TPSA) is 27.0 Å². The summed E-state index contributed by atoms with van der Waals surface area (Å²) in [6.07, 6.45) is 7.57. The van der Waals surface area contributed by atoms with Crippen molar-refractivity contribution in [3.05, 3.63) is 0 Å². The van der Waals surface area contributed by atoms with E-state index in [0.29, 0.717) is 6.54 Å². The maximum Gasteiger partial charge on any atom is 0.0865 e. The molecule has 0 aliphatic carbocycles. The van der Waals surface area contributed by atoms with Crippen LogP contribution in [0.5, 0.6) is 0 Å². The van der Waals surface area contributed by atoms with E-state index in [1.807, 2.05) is 0 Å². The molecule has 82 valence electrons. The van der Waals surface area contributed by atoms with Crippen LogP contribution in [0.1, 0.15) is 52.4 Å². The first kappa shape index (κ1) is 13.4. The fourth-order valence-electron chi connectivity index (χ4n) is 1.54. The zero-order valence-electron chi connectivity index (χ0n) is 9.76. The maximum absolute atomic E-state index is 8.66. The second kappa shape index (κ2) is 10.5. The molecule has 2 heteroatoms. The fraction of sp³-hybridized carbons (Fsp3) is 0.917. The minimum absolute atomic E-state index is 0.605. The van der Waals surface area contributed by atoms with Crippen LogP contribution in [-0.2, 0) is 0 Å². The molecule has 0 heterocycles. The molecule has 14 heavy (non-hydrogen) atoms. The van der Waals surface area contributed by atoms with Crippen LogP contribution >= 0.6 is 0 Å². The number of nitriles is 1. The lowest BCUT2D eigenvalue weighted by Crippen LogP contribution is -2.26. The van der Waals surface area contributed by atoms with E-state index in [0.717, 1.165) is 13.1 Å². The molecule has 0 saturated heterocycles. The Hall–Kier alpha value is -0.550. The van der Waals surface area contributed by atoms with E-state index in [1.165, 1.54) is 38.5 Å². The van der Waals surface area contributed by atoms with Gasteiger partial charge in [0.05, 0.1) is 12.6 Å². The third kappa shape index (κ3) is 8.07. The van der Waals surface area contributed by atoms with Crippen LogP contribution < -0.4 is 0 Å². The molecule has 0 aromatic carbocycles. The van der Waals surface area contributed by atoms with Crippen LogP contribution in [0.15, 0.2) is 0 Å². The predicted octanol–water partition coefficient (Wildman–Crippen LogP) is 3.19. The van der Waals surface area contributed by atoms with E-state index < -0.39 is 0 Å². The van der Waals surface area contributed by atoms with Crippen molar-refractivity contribution in [2.75, 3.05) is 19.6 Å². The smallest absolute Gasteiger partial charge is 0.0865 e. The Labute approximate surface area is 88.9 Å². The molecule has 0 aromatic rings. The van der Waals surface area contributed by atoms with Crippen LogP contribution in [0.4, 0.5) is 0 Å². The summed E-state index contributed by atoms with van der Waals surface area (Å²) in [5.74, 6) is 0. The summed E-state index contributed by atoms with van der Waals surface area (Å²) in [4.78, 5) is 2.28. The molecule has 0 unspecified atom stereocenters. The minimum Gasteiger partial charge on any atom is -0.291 e. The van der Waals surface area contributed by atoms with Gasteiger partial charge < -0.3 is 0 Å². The molecule has 0 amide bonds. The standard InChI is InChI=1S/C12H24N2/c1-3-5-7-10-14(12-9-13)11-8-6-4-2/h3-8,10-12H2,1-2H3. The molecule has 0 spiro atoms. The van der Waals surface area contributed by atoms with Crippen molar-refractivity contribution in [2.45, 2.75) is 52.4 Å². The first-order valence-corrected chi connectivity index (χ1v) is 5.94. The lowest BCUT2D eigenvalue weighted by Gasteiger charge is -2.18.